The molecule has 37 heavy (non-hydrogen) atoms. The SMILES string of the molecule is C=C.C=C(NCCCC)c1cccc(CC)c1.C=CCc1ccc2sccc2c1.CC.CC.CN=CN. The standard InChI is InChI=1S/C14H21N.C11H10S.C2H6N2.2C2H6.C2H4/c1-4-6-10-15-12(3)14-9-7-8-13(5-2)11-14;1-2-3-9-4-5-11-10(8-9)6-7-12-11;1-4-2-3;3*1-2/h7-9,11,15H,3-6,10H2,1-2H3;2,4-8H,1,3H2;2H,1H3,(H2,3,4);2*1-2H3;1-2H2. The number of allylic oxidation sites excluding steroid dienone is 1. The molecule has 1 heterocycles. The summed E-state index contributed by atoms with van der Waals surface area (Å²) in [6.45, 7) is 27.2. The van der Waals surface area contributed by atoms with Gasteiger partial charge in [0.25, 0.3) is 0 Å². The molecule has 3 nitrogen and oxygen atoms in total. The number of nitrogens with one attached hydrogen (secondary N) is 1. The van der Waals surface area contributed by atoms with Crippen LogP contribution in [-0.4, -0.2) is 19.9 Å². The van der Waals surface area contributed by atoms with Crippen molar-refractivity contribution in [3.8, 4) is 0 Å². The van der Waals surface area contributed by atoms with Crippen molar-refractivity contribution in [1.82, 2.24) is 5.32 Å². The second-order valence-electron chi connectivity index (χ2n) is 7.01. The minimum absolute atomic E-state index is 0.964. The van der Waals surface area contributed by atoms with Crippen molar-refractivity contribution in [1.29, 1.82) is 0 Å². The molecule has 3 N–H and O–H groups in total. The third-order valence-corrected chi connectivity index (χ3v) is 5.50. The Balaban J connectivity index is -0.000000469. The van der Waals surface area contributed by atoms with Gasteiger partial charge in [-0.05, 0) is 71.0 Å². The zero-order valence-electron chi connectivity index (χ0n) is 24.6. The van der Waals surface area contributed by atoms with Gasteiger partial charge in [-0.3, -0.25) is 4.99 Å². The Labute approximate surface area is 232 Å². The Hall–Kier alpha value is -3.11. The topological polar surface area (TPSA) is 50.4 Å². The zero-order chi connectivity index (χ0) is 28.9. The average Bonchev–Trinajstić information content (AvgIpc) is 3.45. The second-order valence-corrected chi connectivity index (χ2v) is 7.95. The number of hydrogen-bond acceptors (Lipinski definition) is 3. The molecule has 0 aliphatic heterocycles. The summed E-state index contributed by atoms with van der Waals surface area (Å²) in [5, 5.41) is 6.83. The molecule has 0 saturated carbocycles. The molecule has 0 bridgehead atoms. The van der Waals surface area contributed by atoms with Crippen LogP contribution in [0.15, 0.2) is 91.3 Å². The molecule has 0 saturated heterocycles. The van der Waals surface area contributed by atoms with Gasteiger partial charge in [0.1, 0.15) is 0 Å². The predicted molar refractivity (Wildman–Crippen MR) is 176 cm³/mol. The predicted octanol–water partition coefficient (Wildman–Crippen LogP) is 9.70. The fourth-order valence-corrected chi connectivity index (χ4v) is 3.58. The van der Waals surface area contributed by atoms with Crippen molar-refractivity contribution in [3.63, 3.8) is 0 Å². The van der Waals surface area contributed by atoms with Crippen LogP contribution in [0.25, 0.3) is 15.8 Å². The van der Waals surface area contributed by atoms with E-state index in [0.29, 0.717) is 0 Å². The summed E-state index contributed by atoms with van der Waals surface area (Å²) in [6, 6.07) is 17.3. The van der Waals surface area contributed by atoms with E-state index in [1.807, 2.05) is 33.8 Å². The van der Waals surface area contributed by atoms with Gasteiger partial charge in [-0.2, -0.15) is 0 Å². The van der Waals surface area contributed by atoms with Crippen LogP contribution in [0, 0.1) is 0 Å². The second kappa shape index (κ2) is 29.1. The highest BCUT2D eigenvalue weighted by atomic mass is 32.1. The molecule has 2 aromatic carbocycles. The Morgan fingerprint density at radius 3 is 2.19 bits per heavy atom. The number of unbranched alkanes of at least 4 members (excludes halogenated alkanes) is 1. The number of fused-ring (bicyclic) bond motifs is 1. The normalized spacial score (nSPS) is 8.84. The number of aliphatic imine (C=N–C) groups is 1. The smallest absolute Gasteiger partial charge is 0.0794 e. The summed E-state index contributed by atoms with van der Waals surface area (Å²) >= 11 is 1.79. The Bertz CT molecular complexity index is 953. The van der Waals surface area contributed by atoms with E-state index in [0.717, 1.165) is 25.1 Å². The maximum absolute atomic E-state index is 4.74. The van der Waals surface area contributed by atoms with Crippen LogP contribution >= 0.6 is 11.3 Å². The molecule has 0 unspecified atom stereocenters. The number of nitrogens with zero attached hydrogens (tertiary/aromatic N) is 1. The van der Waals surface area contributed by atoms with Gasteiger partial charge in [0.2, 0.25) is 0 Å². The van der Waals surface area contributed by atoms with Crippen molar-refractivity contribution in [2.24, 2.45) is 10.7 Å². The lowest BCUT2D eigenvalue weighted by atomic mass is 10.1. The van der Waals surface area contributed by atoms with Crippen LogP contribution in [0.1, 0.15) is 71.1 Å². The van der Waals surface area contributed by atoms with E-state index in [4.69, 9.17) is 5.73 Å². The van der Waals surface area contributed by atoms with E-state index in [9.17, 15) is 0 Å². The molecule has 1 aromatic heterocycles. The first kappa shape index (κ1) is 38.4. The van der Waals surface area contributed by atoms with Crippen LogP contribution in [0.5, 0.6) is 0 Å². The van der Waals surface area contributed by atoms with Crippen molar-refractivity contribution < 1.29 is 0 Å². The highest BCUT2D eigenvalue weighted by molar-refractivity contribution is 7.17. The number of thiophene rings is 1. The molecular formula is C33H53N3S. The van der Waals surface area contributed by atoms with Crippen molar-refractivity contribution in [3.05, 3.63) is 103 Å². The highest BCUT2D eigenvalue weighted by Gasteiger charge is 1.98. The van der Waals surface area contributed by atoms with Crippen LogP contribution in [0.3, 0.4) is 0 Å². The minimum atomic E-state index is 0.964. The van der Waals surface area contributed by atoms with Crippen molar-refractivity contribution in [2.45, 2.75) is 67.2 Å². The summed E-state index contributed by atoms with van der Waals surface area (Å²) in [7, 11) is 1.62. The van der Waals surface area contributed by atoms with E-state index < -0.39 is 0 Å². The Morgan fingerprint density at radius 1 is 1.00 bits per heavy atom. The molecule has 0 fully saturated rings. The van der Waals surface area contributed by atoms with E-state index in [1.54, 1.807) is 18.4 Å². The van der Waals surface area contributed by atoms with Gasteiger partial charge < -0.3 is 11.1 Å². The number of aryl methyl sites for hydroxylation is 1. The fourth-order valence-electron chi connectivity index (χ4n) is 2.81. The molecule has 0 amide bonds. The number of benzene rings is 2. The summed E-state index contributed by atoms with van der Waals surface area (Å²) in [6.07, 6.45) is 7.65. The molecule has 0 aliphatic rings. The zero-order valence-corrected chi connectivity index (χ0v) is 25.5. The van der Waals surface area contributed by atoms with Gasteiger partial charge in [0, 0.05) is 24.0 Å². The van der Waals surface area contributed by atoms with Gasteiger partial charge in [-0.15, -0.1) is 31.1 Å². The molecule has 0 atom stereocenters. The van der Waals surface area contributed by atoms with E-state index >= 15 is 0 Å². The van der Waals surface area contributed by atoms with Crippen molar-refractivity contribution in [2.75, 3.05) is 13.6 Å². The summed E-state index contributed by atoms with van der Waals surface area (Å²) in [5.74, 6) is 0. The lowest BCUT2D eigenvalue weighted by Gasteiger charge is -2.10. The maximum atomic E-state index is 4.74. The molecule has 0 aliphatic carbocycles. The third kappa shape index (κ3) is 18.8. The van der Waals surface area contributed by atoms with Gasteiger partial charge in [-0.1, -0.05) is 84.9 Å². The molecule has 0 radical (unpaired) electrons. The lowest BCUT2D eigenvalue weighted by molar-refractivity contribution is 0.745. The number of nitrogens with two attached hydrogens (primary N) is 1. The number of rotatable bonds is 8. The molecule has 3 rings (SSSR count). The first-order chi connectivity index (χ1) is 18.1. The first-order valence-corrected chi connectivity index (χ1v) is 14.2. The van der Waals surface area contributed by atoms with E-state index in [-0.39, 0.29) is 0 Å². The van der Waals surface area contributed by atoms with Gasteiger partial charge >= 0.3 is 0 Å². The molecule has 0 spiro atoms. The highest BCUT2D eigenvalue weighted by Crippen LogP contribution is 2.21. The van der Waals surface area contributed by atoms with E-state index in [1.165, 1.54) is 46.0 Å². The third-order valence-electron chi connectivity index (χ3n) is 4.60. The number of hydrogen-bond donors (Lipinski definition) is 2. The quantitative estimate of drug-likeness (QED) is 0.134. The summed E-state index contributed by atoms with van der Waals surface area (Å²) in [4.78, 5) is 3.39. The van der Waals surface area contributed by atoms with E-state index in [2.05, 4.69) is 104 Å². The first-order valence-electron chi connectivity index (χ1n) is 13.3. The average molecular weight is 524 g/mol. The molecule has 206 valence electrons. The fraction of sp³-hybridized carbons (Fsp3) is 0.364. The summed E-state index contributed by atoms with van der Waals surface area (Å²) < 4.78 is 1.36. The maximum Gasteiger partial charge on any atom is 0.0794 e. The molecule has 4 heteroatoms. The van der Waals surface area contributed by atoms with Gasteiger partial charge in [0.05, 0.1) is 6.34 Å². The largest absolute Gasteiger partial charge is 0.390 e. The van der Waals surface area contributed by atoms with Crippen LogP contribution in [-0.2, 0) is 12.8 Å². The lowest BCUT2D eigenvalue weighted by Crippen LogP contribution is -2.12. The minimum Gasteiger partial charge on any atom is -0.390 e. The Morgan fingerprint density at radius 2 is 1.65 bits per heavy atom. The van der Waals surface area contributed by atoms with Crippen LogP contribution in [0.4, 0.5) is 0 Å². The van der Waals surface area contributed by atoms with Gasteiger partial charge in [-0.25, -0.2) is 0 Å². The summed E-state index contributed by atoms with van der Waals surface area (Å²) in [5.41, 5.74) is 9.70. The monoisotopic (exact) mass is 523 g/mol. The molecule has 3 aromatic rings. The van der Waals surface area contributed by atoms with Gasteiger partial charge in [0.15, 0.2) is 0 Å². The Kier molecular flexibility index (Phi) is 30.2. The van der Waals surface area contributed by atoms with Crippen molar-refractivity contribution >= 4 is 33.5 Å². The molecular weight excluding hydrogens is 470 g/mol. The van der Waals surface area contributed by atoms with Crippen LogP contribution in [0.2, 0.25) is 0 Å². The van der Waals surface area contributed by atoms with Crippen LogP contribution < -0.4 is 11.1 Å².